The number of aliphatic imine (C=N–C) groups is 1. The standard InChI is InChI=1S/C21H30N6O.HI/c1-4-22-20(25-11-8-18-7-6-17(2)19(16-18)28-3)26-12-14-27(15-13-26)21-23-9-5-10-24-21;/h5-7,9-10,16H,4,8,11-15H2,1-3H3,(H,22,25);1H. The lowest BCUT2D eigenvalue weighted by Crippen LogP contribution is -2.53. The predicted octanol–water partition coefficient (Wildman–Crippen LogP) is 2.74. The molecular formula is C21H31IN6O. The minimum Gasteiger partial charge on any atom is -0.496 e. The minimum atomic E-state index is 0. The first-order valence-corrected chi connectivity index (χ1v) is 9.90. The third kappa shape index (κ3) is 6.45. The molecule has 7 nitrogen and oxygen atoms in total. The van der Waals surface area contributed by atoms with Crippen LogP contribution < -0.4 is 15.0 Å². The third-order valence-corrected chi connectivity index (χ3v) is 4.88. The number of ether oxygens (including phenoxy) is 1. The van der Waals surface area contributed by atoms with Crippen LogP contribution in [0.1, 0.15) is 18.1 Å². The predicted molar refractivity (Wildman–Crippen MR) is 129 cm³/mol. The summed E-state index contributed by atoms with van der Waals surface area (Å²) >= 11 is 0. The normalized spacial score (nSPS) is 14.4. The molecule has 1 aromatic heterocycles. The summed E-state index contributed by atoms with van der Waals surface area (Å²) in [5.41, 5.74) is 2.40. The lowest BCUT2D eigenvalue weighted by molar-refractivity contribution is 0.370. The van der Waals surface area contributed by atoms with Gasteiger partial charge in [0.2, 0.25) is 5.95 Å². The van der Waals surface area contributed by atoms with Crippen LogP contribution in [-0.2, 0) is 6.42 Å². The van der Waals surface area contributed by atoms with Gasteiger partial charge in [0.15, 0.2) is 5.96 Å². The average Bonchev–Trinajstić information content (AvgIpc) is 2.75. The number of halogens is 1. The van der Waals surface area contributed by atoms with Crippen LogP contribution in [0.5, 0.6) is 5.75 Å². The number of methoxy groups -OCH3 is 1. The first-order chi connectivity index (χ1) is 13.7. The Morgan fingerprint density at radius 3 is 2.55 bits per heavy atom. The Hall–Kier alpha value is -2.10. The van der Waals surface area contributed by atoms with Crippen LogP contribution in [0.2, 0.25) is 0 Å². The molecule has 0 unspecified atom stereocenters. The van der Waals surface area contributed by atoms with Crippen LogP contribution in [0.4, 0.5) is 5.95 Å². The van der Waals surface area contributed by atoms with Gasteiger partial charge in [-0.2, -0.15) is 0 Å². The zero-order valence-corrected chi connectivity index (χ0v) is 19.8. The van der Waals surface area contributed by atoms with Gasteiger partial charge < -0.3 is 19.9 Å². The highest BCUT2D eigenvalue weighted by Crippen LogP contribution is 2.19. The summed E-state index contributed by atoms with van der Waals surface area (Å²) in [4.78, 5) is 18.1. The van der Waals surface area contributed by atoms with E-state index in [1.807, 2.05) is 6.07 Å². The van der Waals surface area contributed by atoms with Crippen molar-refractivity contribution in [1.82, 2.24) is 20.2 Å². The molecule has 0 saturated carbocycles. The van der Waals surface area contributed by atoms with Gasteiger partial charge in [0.1, 0.15) is 5.75 Å². The van der Waals surface area contributed by atoms with Crippen LogP contribution in [-0.4, -0.2) is 67.2 Å². The molecule has 0 radical (unpaired) electrons. The molecule has 1 aliphatic heterocycles. The summed E-state index contributed by atoms with van der Waals surface area (Å²) in [7, 11) is 1.72. The SMILES string of the molecule is CCNC(=NCCc1ccc(C)c(OC)c1)N1CCN(c2ncccn2)CC1.I. The van der Waals surface area contributed by atoms with E-state index in [4.69, 9.17) is 9.73 Å². The van der Waals surface area contributed by atoms with Gasteiger partial charge in [0.25, 0.3) is 0 Å². The second kappa shape index (κ2) is 11.8. The monoisotopic (exact) mass is 510 g/mol. The third-order valence-electron chi connectivity index (χ3n) is 4.88. The first-order valence-electron chi connectivity index (χ1n) is 9.90. The van der Waals surface area contributed by atoms with Crippen molar-refractivity contribution in [2.45, 2.75) is 20.3 Å². The number of piperazine rings is 1. The summed E-state index contributed by atoms with van der Waals surface area (Å²) in [6.07, 6.45) is 4.48. The van der Waals surface area contributed by atoms with Crippen molar-refractivity contribution in [3.63, 3.8) is 0 Å². The van der Waals surface area contributed by atoms with E-state index in [0.29, 0.717) is 0 Å². The van der Waals surface area contributed by atoms with Crippen molar-refractivity contribution in [3.05, 3.63) is 47.8 Å². The molecule has 1 saturated heterocycles. The number of aryl methyl sites for hydroxylation is 1. The molecule has 1 N–H and O–H groups in total. The maximum Gasteiger partial charge on any atom is 0.225 e. The number of anilines is 1. The number of rotatable bonds is 6. The molecule has 0 aliphatic carbocycles. The average molecular weight is 510 g/mol. The van der Waals surface area contributed by atoms with Gasteiger partial charge in [0.05, 0.1) is 7.11 Å². The van der Waals surface area contributed by atoms with E-state index in [0.717, 1.165) is 68.9 Å². The Labute approximate surface area is 190 Å². The van der Waals surface area contributed by atoms with Crippen molar-refractivity contribution in [2.24, 2.45) is 4.99 Å². The molecule has 0 spiro atoms. The molecule has 2 aromatic rings. The maximum atomic E-state index is 5.42. The molecule has 8 heteroatoms. The summed E-state index contributed by atoms with van der Waals surface area (Å²) in [6, 6.07) is 8.21. The molecule has 1 fully saturated rings. The van der Waals surface area contributed by atoms with E-state index in [-0.39, 0.29) is 24.0 Å². The number of nitrogens with zero attached hydrogens (tertiary/aromatic N) is 5. The Bertz CT molecular complexity index is 778. The summed E-state index contributed by atoms with van der Waals surface area (Å²) in [5.74, 6) is 2.72. The molecular weight excluding hydrogens is 479 g/mol. The molecule has 158 valence electrons. The highest BCUT2D eigenvalue weighted by molar-refractivity contribution is 14.0. The number of nitrogens with one attached hydrogen (secondary N) is 1. The Morgan fingerprint density at radius 1 is 1.17 bits per heavy atom. The molecule has 1 aromatic carbocycles. The van der Waals surface area contributed by atoms with Crippen LogP contribution >= 0.6 is 24.0 Å². The lowest BCUT2D eigenvalue weighted by atomic mass is 10.1. The molecule has 3 rings (SSSR count). The van der Waals surface area contributed by atoms with Crippen molar-refractivity contribution < 1.29 is 4.74 Å². The van der Waals surface area contributed by atoms with Crippen molar-refractivity contribution in [1.29, 1.82) is 0 Å². The van der Waals surface area contributed by atoms with E-state index in [1.165, 1.54) is 5.56 Å². The number of guanidine groups is 1. The van der Waals surface area contributed by atoms with Gasteiger partial charge in [0, 0.05) is 51.7 Å². The van der Waals surface area contributed by atoms with Gasteiger partial charge in [-0.15, -0.1) is 24.0 Å². The Morgan fingerprint density at radius 2 is 1.90 bits per heavy atom. The van der Waals surface area contributed by atoms with Crippen molar-refractivity contribution >= 4 is 35.9 Å². The van der Waals surface area contributed by atoms with Crippen LogP contribution in [0.15, 0.2) is 41.7 Å². The van der Waals surface area contributed by atoms with E-state index in [2.05, 4.69) is 57.1 Å². The maximum absolute atomic E-state index is 5.42. The quantitative estimate of drug-likeness (QED) is 0.367. The van der Waals surface area contributed by atoms with Gasteiger partial charge in [-0.3, -0.25) is 4.99 Å². The molecule has 2 heterocycles. The molecule has 0 bridgehead atoms. The van der Waals surface area contributed by atoms with Crippen LogP contribution in [0.25, 0.3) is 0 Å². The minimum absolute atomic E-state index is 0. The second-order valence-electron chi connectivity index (χ2n) is 6.81. The van der Waals surface area contributed by atoms with E-state index < -0.39 is 0 Å². The number of aromatic nitrogens is 2. The van der Waals surface area contributed by atoms with E-state index in [1.54, 1.807) is 19.5 Å². The van der Waals surface area contributed by atoms with Gasteiger partial charge in [-0.25, -0.2) is 9.97 Å². The summed E-state index contributed by atoms with van der Waals surface area (Å²) < 4.78 is 5.42. The van der Waals surface area contributed by atoms with Gasteiger partial charge in [-0.1, -0.05) is 12.1 Å². The fourth-order valence-electron chi connectivity index (χ4n) is 3.31. The molecule has 0 atom stereocenters. The van der Waals surface area contributed by atoms with Crippen molar-refractivity contribution in [3.8, 4) is 5.75 Å². The Balaban J connectivity index is 0.00000300. The van der Waals surface area contributed by atoms with Crippen LogP contribution in [0.3, 0.4) is 0 Å². The first kappa shape index (κ1) is 23.2. The molecule has 0 amide bonds. The Kier molecular flexibility index (Phi) is 9.43. The fourth-order valence-corrected chi connectivity index (χ4v) is 3.31. The smallest absolute Gasteiger partial charge is 0.225 e. The van der Waals surface area contributed by atoms with Crippen LogP contribution in [0, 0.1) is 6.92 Å². The largest absolute Gasteiger partial charge is 0.496 e. The highest BCUT2D eigenvalue weighted by Gasteiger charge is 2.20. The topological polar surface area (TPSA) is 65.9 Å². The number of hydrogen-bond donors (Lipinski definition) is 1. The molecule has 29 heavy (non-hydrogen) atoms. The van der Waals surface area contributed by atoms with Gasteiger partial charge >= 0.3 is 0 Å². The highest BCUT2D eigenvalue weighted by atomic mass is 127. The number of hydrogen-bond acceptors (Lipinski definition) is 5. The summed E-state index contributed by atoms with van der Waals surface area (Å²) in [5, 5.41) is 3.43. The fraction of sp³-hybridized carbons (Fsp3) is 0.476. The summed E-state index contributed by atoms with van der Waals surface area (Å²) in [6.45, 7) is 9.37. The zero-order valence-electron chi connectivity index (χ0n) is 17.5. The zero-order chi connectivity index (χ0) is 19.8. The number of benzene rings is 1. The van der Waals surface area contributed by atoms with E-state index >= 15 is 0 Å². The van der Waals surface area contributed by atoms with E-state index in [9.17, 15) is 0 Å². The molecule has 1 aliphatic rings. The second-order valence-corrected chi connectivity index (χ2v) is 6.81. The van der Waals surface area contributed by atoms with Gasteiger partial charge in [-0.05, 0) is 43.5 Å². The van der Waals surface area contributed by atoms with Crippen molar-refractivity contribution in [2.75, 3.05) is 51.3 Å². The lowest BCUT2D eigenvalue weighted by Gasteiger charge is -2.36.